The van der Waals surface area contributed by atoms with Gasteiger partial charge in [0.2, 0.25) is 0 Å². The quantitative estimate of drug-likeness (QED) is 0.345. The Morgan fingerprint density at radius 3 is 2.62 bits per heavy atom. The molecule has 1 aromatic carbocycles. The smallest absolute Gasteiger partial charge is 0.258 e. The van der Waals surface area contributed by atoms with Gasteiger partial charge in [0.05, 0.1) is 11.3 Å². The van der Waals surface area contributed by atoms with Gasteiger partial charge in [-0.1, -0.05) is 50.3 Å². The molecule has 0 saturated carbocycles. The molecule has 26 heavy (non-hydrogen) atoms. The van der Waals surface area contributed by atoms with Crippen LogP contribution in [0.25, 0.3) is 0 Å². The van der Waals surface area contributed by atoms with Gasteiger partial charge in [-0.2, -0.15) is 0 Å². The number of unbranched alkanes of at least 4 members (excludes halogenated alkanes) is 3. The van der Waals surface area contributed by atoms with Gasteiger partial charge in [0, 0.05) is 13.3 Å². The summed E-state index contributed by atoms with van der Waals surface area (Å²) in [5.41, 5.74) is 1.48. The van der Waals surface area contributed by atoms with Crippen LogP contribution in [0, 0.1) is 0 Å². The molecule has 7 heteroatoms. The maximum atomic E-state index is 12.6. The number of para-hydroxylation sites is 1. The molecule has 2 rings (SSSR count). The van der Waals surface area contributed by atoms with E-state index in [9.17, 15) is 4.79 Å². The second kappa shape index (κ2) is 11.1. The Bertz CT molecular complexity index is 694. The molecule has 1 N–H and O–H groups in total. The van der Waals surface area contributed by atoms with Crippen LogP contribution in [-0.4, -0.2) is 35.2 Å². The van der Waals surface area contributed by atoms with E-state index in [-0.39, 0.29) is 5.91 Å². The number of anilines is 2. The van der Waals surface area contributed by atoms with E-state index in [0.717, 1.165) is 16.5 Å². The van der Waals surface area contributed by atoms with E-state index in [2.05, 4.69) is 22.4 Å². The average molecular weight is 391 g/mol. The van der Waals surface area contributed by atoms with Gasteiger partial charge in [-0.25, -0.2) is 0 Å². The zero-order valence-corrected chi connectivity index (χ0v) is 17.2. The van der Waals surface area contributed by atoms with E-state index in [4.69, 9.17) is 0 Å². The Kier molecular flexibility index (Phi) is 8.77. The van der Waals surface area contributed by atoms with Crippen molar-refractivity contribution in [3.05, 3.63) is 42.0 Å². The van der Waals surface area contributed by atoms with Crippen molar-refractivity contribution in [3.8, 4) is 0 Å². The molecule has 140 valence electrons. The van der Waals surface area contributed by atoms with Gasteiger partial charge in [0.15, 0.2) is 5.82 Å². The number of amides is 1. The summed E-state index contributed by atoms with van der Waals surface area (Å²) in [4.78, 5) is 12.6. The third-order valence-corrected chi connectivity index (χ3v) is 5.64. The van der Waals surface area contributed by atoms with Crippen LogP contribution in [0.3, 0.4) is 0 Å². The number of benzene rings is 1. The number of nitrogens with zero attached hydrogens (tertiary/aromatic N) is 3. The van der Waals surface area contributed by atoms with Crippen LogP contribution in [-0.2, 0) is 0 Å². The second-order valence-electron chi connectivity index (χ2n) is 5.82. The lowest BCUT2D eigenvalue weighted by Gasteiger charge is -2.18. The molecule has 0 aliphatic carbocycles. The summed E-state index contributed by atoms with van der Waals surface area (Å²) in [5.74, 6) is 1.33. The molecule has 1 amide bonds. The van der Waals surface area contributed by atoms with Crippen LogP contribution < -0.4 is 9.62 Å². The monoisotopic (exact) mass is 390 g/mol. The van der Waals surface area contributed by atoms with Crippen molar-refractivity contribution in [3.63, 3.8) is 0 Å². The van der Waals surface area contributed by atoms with Crippen LogP contribution in [0.2, 0.25) is 0 Å². The molecule has 1 heterocycles. The maximum Gasteiger partial charge on any atom is 0.258 e. The lowest BCUT2D eigenvalue weighted by atomic mass is 10.1. The van der Waals surface area contributed by atoms with Gasteiger partial charge in [0.1, 0.15) is 5.03 Å². The van der Waals surface area contributed by atoms with Gasteiger partial charge in [0.25, 0.3) is 5.91 Å². The summed E-state index contributed by atoms with van der Waals surface area (Å²) >= 11 is 3.26. The molecule has 0 aliphatic heterocycles. The minimum absolute atomic E-state index is 0.184. The van der Waals surface area contributed by atoms with Crippen molar-refractivity contribution < 1.29 is 4.79 Å². The minimum atomic E-state index is -0.184. The zero-order chi connectivity index (χ0) is 18.8. The molecule has 0 bridgehead atoms. The Labute approximate surface area is 164 Å². The highest BCUT2D eigenvalue weighted by Crippen LogP contribution is 2.24. The van der Waals surface area contributed by atoms with Crippen molar-refractivity contribution in [1.29, 1.82) is 0 Å². The summed E-state index contributed by atoms with van der Waals surface area (Å²) in [6.45, 7) is 2.21. The predicted molar refractivity (Wildman–Crippen MR) is 113 cm³/mol. The first-order valence-corrected chi connectivity index (χ1v) is 11.0. The number of hydrogen-bond acceptors (Lipinski definition) is 6. The molecule has 0 aliphatic rings. The number of hydrogen-bond donors (Lipinski definition) is 1. The molecule has 0 spiro atoms. The molecule has 0 radical (unpaired) electrons. The Hall–Kier alpha value is -1.73. The number of carbonyl (C=O) groups excluding carboxylic acids is 1. The standard InChI is InChI=1S/C19H26N4OS2/c1-4-5-6-9-14-26-18-13-12-17(21-22-18)20-19(24)15-10-7-8-11-16(15)23(2)25-3/h7-8,10-13H,4-6,9,14H2,1-3H3,(H,20,21,24). The molecule has 1 aromatic heterocycles. The summed E-state index contributed by atoms with van der Waals surface area (Å²) < 4.78 is 1.96. The van der Waals surface area contributed by atoms with Crippen LogP contribution in [0.4, 0.5) is 11.5 Å². The summed E-state index contributed by atoms with van der Waals surface area (Å²) in [7, 11) is 1.93. The molecular formula is C19H26N4OS2. The highest BCUT2D eigenvalue weighted by atomic mass is 32.2. The molecule has 0 unspecified atom stereocenters. The Balaban J connectivity index is 1.94. The van der Waals surface area contributed by atoms with Gasteiger partial charge in [-0.3, -0.25) is 4.79 Å². The van der Waals surface area contributed by atoms with Crippen LogP contribution in [0.5, 0.6) is 0 Å². The Morgan fingerprint density at radius 2 is 1.92 bits per heavy atom. The highest BCUT2D eigenvalue weighted by molar-refractivity contribution is 8.00. The van der Waals surface area contributed by atoms with E-state index in [1.165, 1.54) is 25.7 Å². The fourth-order valence-electron chi connectivity index (χ4n) is 2.39. The van der Waals surface area contributed by atoms with E-state index in [1.54, 1.807) is 29.8 Å². The van der Waals surface area contributed by atoms with Gasteiger partial charge < -0.3 is 9.62 Å². The number of carbonyl (C=O) groups is 1. The third-order valence-electron chi connectivity index (χ3n) is 3.89. The van der Waals surface area contributed by atoms with Crippen molar-refractivity contribution in [1.82, 2.24) is 10.2 Å². The molecule has 0 saturated heterocycles. The zero-order valence-electron chi connectivity index (χ0n) is 15.6. The Morgan fingerprint density at radius 1 is 1.12 bits per heavy atom. The normalized spacial score (nSPS) is 10.6. The average Bonchev–Trinajstić information content (AvgIpc) is 2.68. The van der Waals surface area contributed by atoms with E-state index < -0.39 is 0 Å². The first-order chi connectivity index (χ1) is 12.7. The number of thioether (sulfide) groups is 1. The van der Waals surface area contributed by atoms with Crippen LogP contribution in [0.1, 0.15) is 43.0 Å². The summed E-state index contributed by atoms with van der Waals surface area (Å²) in [6, 6.07) is 11.2. The van der Waals surface area contributed by atoms with Crippen LogP contribution >= 0.6 is 23.7 Å². The third kappa shape index (κ3) is 6.21. The van der Waals surface area contributed by atoms with Crippen molar-refractivity contribution >= 4 is 41.1 Å². The molecule has 2 aromatic rings. The number of aromatic nitrogens is 2. The molecular weight excluding hydrogens is 364 g/mol. The van der Waals surface area contributed by atoms with Gasteiger partial charge >= 0.3 is 0 Å². The van der Waals surface area contributed by atoms with Crippen molar-refractivity contribution in [2.75, 3.05) is 28.7 Å². The minimum Gasteiger partial charge on any atom is -0.319 e. The molecule has 5 nitrogen and oxygen atoms in total. The largest absolute Gasteiger partial charge is 0.319 e. The van der Waals surface area contributed by atoms with Crippen molar-refractivity contribution in [2.45, 2.75) is 37.6 Å². The number of rotatable bonds is 10. The number of nitrogens with one attached hydrogen (secondary N) is 1. The molecule has 0 atom stereocenters. The second-order valence-corrected chi connectivity index (χ2v) is 7.85. The fourth-order valence-corrected chi connectivity index (χ4v) is 3.57. The van der Waals surface area contributed by atoms with Gasteiger partial charge in [-0.15, -0.1) is 22.0 Å². The highest BCUT2D eigenvalue weighted by Gasteiger charge is 2.14. The van der Waals surface area contributed by atoms with E-state index >= 15 is 0 Å². The lowest BCUT2D eigenvalue weighted by molar-refractivity contribution is 0.102. The fraction of sp³-hybridized carbons (Fsp3) is 0.421. The SMILES string of the molecule is CCCCCCSc1ccc(NC(=O)c2ccccc2N(C)SC)nn1. The van der Waals surface area contributed by atoms with E-state index in [1.807, 2.05) is 47.9 Å². The van der Waals surface area contributed by atoms with Crippen LogP contribution in [0.15, 0.2) is 41.4 Å². The lowest BCUT2D eigenvalue weighted by Crippen LogP contribution is -2.17. The molecule has 0 fully saturated rings. The topological polar surface area (TPSA) is 58.1 Å². The summed E-state index contributed by atoms with van der Waals surface area (Å²) in [5, 5.41) is 12.1. The van der Waals surface area contributed by atoms with E-state index in [0.29, 0.717) is 11.4 Å². The van der Waals surface area contributed by atoms with Crippen molar-refractivity contribution in [2.24, 2.45) is 0 Å². The maximum absolute atomic E-state index is 12.6. The van der Waals surface area contributed by atoms with Gasteiger partial charge in [-0.05, 0) is 36.4 Å². The first-order valence-electron chi connectivity index (χ1n) is 8.80. The summed E-state index contributed by atoms with van der Waals surface area (Å²) in [6.07, 6.45) is 6.95. The predicted octanol–water partition coefficient (Wildman–Crippen LogP) is 5.12. The first kappa shape index (κ1) is 20.6.